The molecule has 1 fully saturated rings. The number of phenols is 1. The van der Waals surface area contributed by atoms with Crippen molar-refractivity contribution < 1.29 is 5.11 Å². The number of benzene rings is 1. The lowest BCUT2D eigenvalue weighted by molar-refractivity contribution is 0.304. The van der Waals surface area contributed by atoms with Gasteiger partial charge in [-0.25, -0.2) is 0 Å². The molecule has 1 aromatic rings. The summed E-state index contributed by atoms with van der Waals surface area (Å²) in [7, 11) is 0. The molecule has 3 heteroatoms. The van der Waals surface area contributed by atoms with Crippen molar-refractivity contribution in [2.24, 2.45) is 0 Å². The molecule has 0 radical (unpaired) electrons. The highest BCUT2D eigenvalue weighted by Crippen LogP contribution is 2.27. The maximum Gasteiger partial charge on any atom is 0.116 e. The van der Waals surface area contributed by atoms with Gasteiger partial charge in [0.2, 0.25) is 0 Å². The molecule has 0 spiro atoms. The topological polar surface area (TPSA) is 44.3 Å². The molecular formula is C13H18N2O. The first kappa shape index (κ1) is 9.97. The zero-order valence-corrected chi connectivity index (χ0v) is 9.37. The van der Waals surface area contributed by atoms with Gasteiger partial charge in [0.15, 0.2) is 0 Å². The van der Waals surface area contributed by atoms with Gasteiger partial charge in [-0.1, -0.05) is 6.42 Å². The number of phenolic OH excluding ortho intramolecular Hbond substituents is 1. The summed E-state index contributed by atoms with van der Waals surface area (Å²) in [6, 6.07) is 6.82. The summed E-state index contributed by atoms with van der Waals surface area (Å²) in [5, 5.41) is 16.6. The van der Waals surface area contributed by atoms with E-state index in [0.29, 0.717) is 11.8 Å². The molecule has 0 saturated heterocycles. The van der Waals surface area contributed by atoms with Crippen LogP contribution in [-0.2, 0) is 6.42 Å². The van der Waals surface area contributed by atoms with Crippen molar-refractivity contribution in [2.75, 3.05) is 11.9 Å². The van der Waals surface area contributed by atoms with Crippen LogP contribution >= 0.6 is 0 Å². The molecule has 1 heterocycles. The Balaban J connectivity index is 1.69. The van der Waals surface area contributed by atoms with Crippen LogP contribution in [0.15, 0.2) is 18.2 Å². The highest BCUT2D eigenvalue weighted by atomic mass is 16.3. The predicted molar refractivity (Wildman–Crippen MR) is 64.9 cm³/mol. The first-order chi connectivity index (χ1) is 7.81. The van der Waals surface area contributed by atoms with Crippen molar-refractivity contribution in [3.63, 3.8) is 0 Å². The SMILES string of the molecule is Oc1ccc2c(c1)CC(NC1CCC1)CN2. The van der Waals surface area contributed by atoms with Gasteiger partial charge in [-0.15, -0.1) is 0 Å². The molecule has 1 aliphatic carbocycles. The van der Waals surface area contributed by atoms with E-state index >= 15 is 0 Å². The summed E-state index contributed by atoms with van der Waals surface area (Å²) in [5.41, 5.74) is 2.40. The van der Waals surface area contributed by atoms with E-state index < -0.39 is 0 Å². The summed E-state index contributed by atoms with van der Waals surface area (Å²) < 4.78 is 0. The average Bonchev–Trinajstić information content (AvgIpc) is 2.23. The van der Waals surface area contributed by atoms with Gasteiger partial charge < -0.3 is 15.7 Å². The van der Waals surface area contributed by atoms with Gasteiger partial charge in [0.05, 0.1) is 0 Å². The number of fused-ring (bicyclic) bond motifs is 1. The van der Waals surface area contributed by atoms with E-state index in [0.717, 1.165) is 19.0 Å². The molecule has 86 valence electrons. The minimum Gasteiger partial charge on any atom is -0.508 e. The van der Waals surface area contributed by atoms with Crippen LogP contribution in [0.3, 0.4) is 0 Å². The lowest BCUT2D eigenvalue weighted by Crippen LogP contribution is -2.48. The monoisotopic (exact) mass is 218 g/mol. The van der Waals surface area contributed by atoms with Crippen LogP contribution in [0.25, 0.3) is 0 Å². The van der Waals surface area contributed by atoms with Gasteiger partial charge >= 0.3 is 0 Å². The first-order valence-electron chi connectivity index (χ1n) is 6.13. The third kappa shape index (κ3) is 1.87. The maximum atomic E-state index is 9.47. The van der Waals surface area contributed by atoms with E-state index in [9.17, 15) is 5.11 Å². The second-order valence-electron chi connectivity index (χ2n) is 4.92. The Bertz CT molecular complexity index is 388. The van der Waals surface area contributed by atoms with E-state index in [1.807, 2.05) is 12.1 Å². The maximum absolute atomic E-state index is 9.47. The van der Waals surface area contributed by atoms with Crippen molar-refractivity contribution in [1.82, 2.24) is 5.32 Å². The van der Waals surface area contributed by atoms with Crippen molar-refractivity contribution in [1.29, 1.82) is 0 Å². The minimum absolute atomic E-state index is 0.366. The fourth-order valence-corrected chi connectivity index (χ4v) is 2.52. The van der Waals surface area contributed by atoms with Crippen LogP contribution in [0.5, 0.6) is 5.75 Å². The van der Waals surface area contributed by atoms with Crippen LogP contribution in [-0.4, -0.2) is 23.7 Å². The van der Waals surface area contributed by atoms with Crippen molar-refractivity contribution in [3.8, 4) is 5.75 Å². The molecular weight excluding hydrogens is 200 g/mol. The second kappa shape index (κ2) is 3.98. The number of anilines is 1. The molecule has 0 bridgehead atoms. The predicted octanol–water partition coefficient (Wildman–Crippen LogP) is 1.87. The zero-order chi connectivity index (χ0) is 11.0. The fraction of sp³-hybridized carbons (Fsp3) is 0.538. The lowest BCUT2D eigenvalue weighted by Gasteiger charge is -2.34. The summed E-state index contributed by atoms with van der Waals surface area (Å²) in [6.45, 7) is 0.994. The van der Waals surface area contributed by atoms with Gasteiger partial charge in [0.1, 0.15) is 5.75 Å². The number of nitrogens with one attached hydrogen (secondary N) is 2. The third-order valence-corrected chi connectivity index (χ3v) is 3.67. The molecule has 1 saturated carbocycles. The first-order valence-corrected chi connectivity index (χ1v) is 6.13. The average molecular weight is 218 g/mol. The highest BCUT2D eigenvalue weighted by molar-refractivity contribution is 5.56. The molecule has 0 aromatic heterocycles. The summed E-state index contributed by atoms with van der Waals surface area (Å²) in [4.78, 5) is 0. The molecule has 0 amide bonds. The van der Waals surface area contributed by atoms with E-state index in [-0.39, 0.29) is 0 Å². The third-order valence-electron chi connectivity index (χ3n) is 3.67. The Morgan fingerprint density at radius 3 is 2.88 bits per heavy atom. The van der Waals surface area contributed by atoms with E-state index in [1.165, 1.54) is 30.5 Å². The molecule has 1 unspecified atom stereocenters. The van der Waals surface area contributed by atoms with Gasteiger partial charge in [-0.2, -0.15) is 0 Å². The summed E-state index contributed by atoms with van der Waals surface area (Å²) in [5.74, 6) is 0.366. The lowest BCUT2D eigenvalue weighted by atomic mass is 9.90. The standard InChI is InChI=1S/C13H18N2O/c16-12-4-5-13-9(7-12)6-11(8-14-13)15-10-2-1-3-10/h4-5,7,10-11,14-16H,1-3,6,8H2. The molecule has 1 aliphatic heterocycles. The summed E-state index contributed by atoms with van der Waals surface area (Å²) in [6.07, 6.45) is 5.04. The largest absolute Gasteiger partial charge is 0.508 e. The summed E-state index contributed by atoms with van der Waals surface area (Å²) >= 11 is 0. The van der Waals surface area contributed by atoms with Gasteiger partial charge in [-0.3, -0.25) is 0 Å². The Hall–Kier alpha value is -1.22. The van der Waals surface area contributed by atoms with Crippen molar-refractivity contribution in [3.05, 3.63) is 23.8 Å². The molecule has 16 heavy (non-hydrogen) atoms. The number of rotatable bonds is 2. The zero-order valence-electron chi connectivity index (χ0n) is 9.37. The van der Waals surface area contributed by atoms with E-state index in [1.54, 1.807) is 6.07 Å². The second-order valence-corrected chi connectivity index (χ2v) is 4.92. The van der Waals surface area contributed by atoms with Crippen LogP contribution < -0.4 is 10.6 Å². The number of hydrogen-bond acceptors (Lipinski definition) is 3. The number of aromatic hydroxyl groups is 1. The van der Waals surface area contributed by atoms with Gasteiger partial charge in [0.25, 0.3) is 0 Å². The molecule has 1 aromatic carbocycles. The minimum atomic E-state index is 0.366. The molecule has 3 N–H and O–H groups in total. The Kier molecular flexibility index (Phi) is 2.48. The van der Waals surface area contributed by atoms with Crippen LogP contribution in [0, 0.1) is 0 Å². The van der Waals surface area contributed by atoms with E-state index in [2.05, 4.69) is 10.6 Å². The Morgan fingerprint density at radius 2 is 2.12 bits per heavy atom. The molecule has 2 aliphatic rings. The quantitative estimate of drug-likeness (QED) is 0.664. The van der Waals surface area contributed by atoms with Crippen LogP contribution in [0.2, 0.25) is 0 Å². The smallest absolute Gasteiger partial charge is 0.116 e. The Morgan fingerprint density at radius 1 is 1.25 bits per heavy atom. The van der Waals surface area contributed by atoms with Crippen LogP contribution in [0.4, 0.5) is 5.69 Å². The molecule has 3 rings (SSSR count). The Labute approximate surface area is 95.9 Å². The van der Waals surface area contributed by atoms with Crippen molar-refractivity contribution >= 4 is 5.69 Å². The molecule has 3 nitrogen and oxygen atoms in total. The van der Waals surface area contributed by atoms with Crippen LogP contribution in [0.1, 0.15) is 24.8 Å². The normalized spacial score (nSPS) is 24.4. The highest BCUT2D eigenvalue weighted by Gasteiger charge is 2.24. The fourth-order valence-electron chi connectivity index (χ4n) is 2.52. The number of hydrogen-bond donors (Lipinski definition) is 3. The van der Waals surface area contributed by atoms with Gasteiger partial charge in [-0.05, 0) is 43.0 Å². The van der Waals surface area contributed by atoms with Crippen molar-refractivity contribution in [2.45, 2.75) is 37.8 Å². The van der Waals surface area contributed by atoms with E-state index in [4.69, 9.17) is 0 Å². The van der Waals surface area contributed by atoms with Gasteiger partial charge in [0, 0.05) is 24.3 Å². The molecule has 1 atom stereocenters.